The molecule has 0 N–H and O–H groups in total. The first kappa shape index (κ1) is 8.72. The van der Waals surface area contributed by atoms with Gasteiger partial charge >= 0.3 is 0 Å². The van der Waals surface area contributed by atoms with Crippen LogP contribution in [0.3, 0.4) is 0 Å². The van der Waals surface area contributed by atoms with Crippen LogP contribution in [0, 0.1) is 5.92 Å². The lowest BCUT2D eigenvalue weighted by atomic mass is 9.85. The van der Waals surface area contributed by atoms with Crippen LogP contribution < -0.4 is 0 Å². The van der Waals surface area contributed by atoms with Crippen molar-refractivity contribution in [2.24, 2.45) is 5.92 Å². The lowest BCUT2D eigenvalue weighted by Crippen LogP contribution is -2.26. The molecule has 63 valence electrons. The Kier molecular flexibility index (Phi) is 3.57. The highest BCUT2D eigenvalue weighted by atomic mass is 16.5. The van der Waals surface area contributed by atoms with Gasteiger partial charge < -0.3 is 4.74 Å². The van der Waals surface area contributed by atoms with Crippen molar-refractivity contribution in [1.29, 1.82) is 0 Å². The summed E-state index contributed by atoms with van der Waals surface area (Å²) in [7, 11) is 1.73. The van der Waals surface area contributed by atoms with E-state index in [1.165, 1.54) is 12.8 Å². The second-order valence-electron chi connectivity index (χ2n) is 3.17. The molecule has 0 aromatic carbocycles. The van der Waals surface area contributed by atoms with Crippen LogP contribution in [0.4, 0.5) is 0 Å². The number of methoxy groups -OCH3 is 1. The van der Waals surface area contributed by atoms with Gasteiger partial charge in [0.1, 0.15) is 0 Å². The molecule has 0 aromatic rings. The molecule has 0 aromatic heterocycles. The fraction of sp³-hybridized carbons (Fsp3) is 0.889. The molecule has 0 spiro atoms. The first-order chi connectivity index (χ1) is 5.38. The number of rotatable bonds is 3. The van der Waals surface area contributed by atoms with E-state index in [1.807, 2.05) is 6.29 Å². The minimum Gasteiger partial charge on any atom is -0.381 e. The summed E-state index contributed by atoms with van der Waals surface area (Å²) in [5, 5.41) is 0. The molecular weight excluding hydrogens is 140 g/mol. The third-order valence-corrected chi connectivity index (χ3v) is 2.49. The normalized spacial score (nSPS) is 31.7. The summed E-state index contributed by atoms with van der Waals surface area (Å²) in [6.07, 6.45) is 7.57. The van der Waals surface area contributed by atoms with Gasteiger partial charge in [-0.1, -0.05) is 12.8 Å². The van der Waals surface area contributed by atoms with Crippen molar-refractivity contribution in [2.45, 2.75) is 38.2 Å². The molecule has 0 amide bonds. The summed E-state index contributed by atoms with van der Waals surface area (Å²) in [4.78, 5) is 10.2. The predicted molar refractivity (Wildman–Crippen MR) is 43.1 cm³/mol. The van der Waals surface area contributed by atoms with Crippen LogP contribution in [0.5, 0.6) is 0 Å². The fourth-order valence-corrected chi connectivity index (χ4v) is 1.82. The molecule has 1 rings (SSSR count). The van der Waals surface area contributed by atoms with E-state index < -0.39 is 0 Å². The predicted octanol–water partition coefficient (Wildman–Crippen LogP) is 1.69. The second kappa shape index (κ2) is 4.50. The van der Waals surface area contributed by atoms with E-state index in [9.17, 15) is 4.79 Å². The third-order valence-electron chi connectivity index (χ3n) is 2.49. The molecule has 0 heterocycles. The van der Waals surface area contributed by atoms with Gasteiger partial charge in [0.05, 0.1) is 6.10 Å². The van der Waals surface area contributed by atoms with Crippen LogP contribution in [0.2, 0.25) is 0 Å². The van der Waals surface area contributed by atoms with Crippen LogP contribution in [-0.4, -0.2) is 19.5 Å². The summed E-state index contributed by atoms with van der Waals surface area (Å²) < 4.78 is 5.28. The Hall–Kier alpha value is -0.370. The Balaban J connectivity index is 2.37. The number of ether oxygens (including phenoxy) is 1. The van der Waals surface area contributed by atoms with E-state index in [0.717, 1.165) is 12.8 Å². The van der Waals surface area contributed by atoms with Gasteiger partial charge in [-0.2, -0.15) is 0 Å². The molecule has 2 nitrogen and oxygen atoms in total. The summed E-state index contributed by atoms with van der Waals surface area (Å²) in [6.45, 7) is 0. The van der Waals surface area contributed by atoms with E-state index in [0.29, 0.717) is 18.4 Å². The highest BCUT2D eigenvalue weighted by molar-refractivity contribution is 5.50. The van der Waals surface area contributed by atoms with Crippen LogP contribution >= 0.6 is 0 Å². The maximum atomic E-state index is 10.2. The van der Waals surface area contributed by atoms with Crippen LogP contribution in [0.1, 0.15) is 32.1 Å². The van der Waals surface area contributed by atoms with E-state index in [2.05, 4.69) is 0 Å². The Bertz CT molecular complexity index is 123. The van der Waals surface area contributed by atoms with Gasteiger partial charge in [0.2, 0.25) is 0 Å². The van der Waals surface area contributed by atoms with E-state index in [-0.39, 0.29) is 0 Å². The van der Waals surface area contributed by atoms with Crippen LogP contribution in [-0.2, 0) is 9.53 Å². The minimum atomic E-state index is 0.310. The van der Waals surface area contributed by atoms with Crippen LogP contribution in [0.25, 0.3) is 0 Å². The molecular formula is C9H15O2. The molecule has 1 aliphatic carbocycles. The third kappa shape index (κ3) is 2.29. The van der Waals surface area contributed by atoms with Crippen molar-refractivity contribution in [3.8, 4) is 0 Å². The summed E-state index contributed by atoms with van der Waals surface area (Å²) in [5.41, 5.74) is 0. The lowest BCUT2D eigenvalue weighted by molar-refractivity contribution is 0.0263. The minimum absolute atomic E-state index is 0.310. The van der Waals surface area contributed by atoms with Gasteiger partial charge in [0.15, 0.2) is 6.29 Å². The topological polar surface area (TPSA) is 26.3 Å². The zero-order valence-corrected chi connectivity index (χ0v) is 7.01. The van der Waals surface area contributed by atoms with Crippen molar-refractivity contribution in [1.82, 2.24) is 0 Å². The standard InChI is InChI=1S/C9H15O2/c1-11-9-5-3-2-4-8(9)6-7-10/h8-9H,2-6H2,1H3. The average Bonchev–Trinajstić information content (AvgIpc) is 2.06. The van der Waals surface area contributed by atoms with Gasteiger partial charge in [-0.3, -0.25) is 4.79 Å². The summed E-state index contributed by atoms with van der Waals surface area (Å²) >= 11 is 0. The van der Waals surface area contributed by atoms with E-state index in [1.54, 1.807) is 7.11 Å². The second-order valence-corrected chi connectivity index (χ2v) is 3.17. The van der Waals surface area contributed by atoms with Gasteiger partial charge in [-0.25, -0.2) is 0 Å². The van der Waals surface area contributed by atoms with Gasteiger partial charge in [-0.05, 0) is 18.8 Å². The highest BCUT2D eigenvalue weighted by Crippen LogP contribution is 2.27. The molecule has 2 heteroatoms. The smallest absolute Gasteiger partial charge is 0.198 e. The fourth-order valence-electron chi connectivity index (χ4n) is 1.82. The molecule has 1 saturated carbocycles. The number of hydrogen-bond acceptors (Lipinski definition) is 2. The Morgan fingerprint density at radius 2 is 2.18 bits per heavy atom. The average molecular weight is 155 g/mol. The first-order valence-electron chi connectivity index (χ1n) is 4.26. The quantitative estimate of drug-likeness (QED) is 0.620. The molecule has 1 fully saturated rings. The SMILES string of the molecule is COC1CCCCC1C[C]=O. The van der Waals surface area contributed by atoms with Crippen molar-refractivity contribution in [2.75, 3.05) is 7.11 Å². The zero-order valence-electron chi connectivity index (χ0n) is 7.01. The molecule has 0 bridgehead atoms. The van der Waals surface area contributed by atoms with Crippen molar-refractivity contribution in [3.05, 3.63) is 0 Å². The monoisotopic (exact) mass is 155 g/mol. The van der Waals surface area contributed by atoms with E-state index in [4.69, 9.17) is 4.74 Å². The number of hydrogen-bond donors (Lipinski definition) is 0. The molecule has 0 aliphatic heterocycles. The van der Waals surface area contributed by atoms with Gasteiger partial charge in [-0.15, -0.1) is 0 Å². The van der Waals surface area contributed by atoms with Crippen molar-refractivity contribution < 1.29 is 9.53 Å². The zero-order chi connectivity index (χ0) is 8.10. The molecule has 1 radical (unpaired) electrons. The maximum Gasteiger partial charge on any atom is 0.198 e. The van der Waals surface area contributed by atoms with Gasteiger partial charge in [0, 0.05) is 13.5 Å². The highest BCUT2D eigenvalue weighted by Gasteiger charge is 2.24. The Morgan fingerprint density at radius 1 is 1.45 bits per heavy atom. The number of carbonyl (C=O) groups excluding carboxylic acids is 1. The van der Waals surface area contributed by atoms with Crippen LogP contribution in [0.15, 0.2) is 0 Å². The summed E-state index contributed by atoms with van der Waals surface area (Å²) in [6, 6.07) is 0. The molecule has 1 aliphatic rings. The Labute approximate surface area is 67.9 Å². The van der Waals surface area contributed by atoms with Gasteiger partial charge in [0.25, 0.3) is 0 Å². The van der Waals surface area contributed by atoms with E-state index >= 15 is 0 Å². The van der Waals surface area contributed by atoms with Crippen molar-refractivity contribution in [3.63, 3.8) is 0 Å². The first-order valence-corrected chi connectivity index (χ1v) is 4.26. The summed E-state index contributed by atoms with van der Waals surface area (Å²) in [5.74, 6) is 0.436. The van der Waals surface area contributed by atoms with Crippen molar-refractivity contribution >= 4 is 6.29 Å². The molecule has 2 atom stereocenters. The molecule has 0 saturated heterocycles. The Morgan fingerprint density at radius 3 is 2.82 bits per heavy atom. The largest absolute Gasteiger partial charge is 0.381 e. The molecule has 2 unspecified atom stereocenters. The maximum absolute atomic E-state index is 10.2. The molecule has 11 heavy (non-hydrogen) atoms. The lowest BCUT2D eigenvalue weighted by Gasteiger charge is -2.28.